The van der Waals surface area contributed by atoms with Crippen molar-refractivity contribution in [3.05, 3.63) is 231 Å². The van der Waals surface area contributed by atoms with Crippen molar-refractivity contribution in [3.63, 3.8) is 0 Å². The number of allylic oxidation sites excluding steroid dienone is 11. The molecule has 0 spiro atoms. The van der Waals surface area contributed by atoms with Gasteiger partial charge in [-0.15, -0.1) is 0 Å². The number of rotatable bonds is 5. The first kappa shape index (κ1) is 38.1. The number of nitrogens with one attached hydrogen (secondary N) is 2. The van der Waals surface area contributed by atoms with Crippen molar-refractivity contribution >= 4 is 51.9 Å². The maximum absolute atomic E-state index is 5.86. The van der Waals surface area contributed by atoms with E-state index in [1.165, 1.54) is 95.0 Å². The zero-order valence-corrected chi connectivity index (χ0v) is 36.9. The number of hydrogen-bond donors (Lipinski definition) is 2. The molecule has 6 aromatic rings. The van der Waals surface area contributed by atoms with E-state index in [9.17, 15) is 0 Å². The molecule has 6 aliphatic carbocycles. The number of nitrogens with zero attached hydrogens (tertiary/aromatic N) is 3. The SMILES string of the molecule is C1=CCC(C2NC(C3=CC4C=CC=CC4c4ccccc43)=NC(c3c(N4C5=Cc6cc(-n7c8c(c9ccccc97)CCC=C8)ccc6CC5c5ccccc54)ccc4c3CCC=C4)N2)C=C1. The quantitative estimate of drug-likeness (QED) is 0.182. The first-order valence-corrected chi connectivity index (χ1v) is 24.2. The van der Waals surface area contributed by atoms with E-state index in [2.05, 4.69) is 208 Å². The normalized spacial score (nSPS) is 24.8. The fraction of sp³-hybridized carbons (Fsp3) is 0.197. The zero-order chi connectivity index (χ0) is 43.3. The molecule has 0 radical (unpaired) electrons. The highest BCUT2D eigenvalue weighted by atomic mass is 15.3. The summed E-state index contributed by atoms with van der Waals surface area (Å²) in [7, 11) is 0. The lowest BCUT2D eigenvalue weighted by Gasteiger charge is -2.40. The van der Waals surface area contributed by atoms with Crippen LogP contribution in [0.4, 0.5) is 11.4 Å². The van der Waals surface area contributed by atoms with Crippen LogP contribution >= 0.6 is 0 Å². The Balaban J connectivity index is 0.944. The number of benzene rings is 5. The first-order chi connectivity index (χ1) is 32.7. The maximum atomic E-state index is 5.86. The second kappa shape index (κ2) is 15.2. The number of aliphatic imine (C=N–C) groups is 1. The standard InChI is InChI=1S/C61H51N5/c1-2-17-39(18-3-1)59-62-60(52-36-41-19-5-6-20-44(41)46-22-8-9-23-47(46)52)64-61(63-59)58-45-21-7-4-16-38(45)31-33-56(58)66-55-29-15-12-26-50(55)51-35-40-30-32-43(34-42(40)37-57(51)66)65-53-27-13-10-24-48(53)49-25-11-14-28-54(49)65/h1-6,8-10,12-17,19-20,22-24,26-34,36-37,39,41,44,51,59,61,63H,7,11,18,21,25,35H2,(H,62,64). The second-order valence-electron chi connectivity index (χ2n) is 19.2. The molecule has 8 aliphatic rings. The number of amidine groups is 1. The molecule has 2 aliphatic heterocycles. The molecule has 66 heavy (non-hydrogen) atoms. The number of aromatic nitrogens is 1. The lowest BCUT2D eigenvalue weighted by molar-refractivity contribution is 0.328. The molecule has 0 saturated carbocycles. The van der Waals surface area contributed by atoms with E-state index >= 15 is 0 Å². The largest absolute Gasteiger partial charge is 0.354 e. The van der Waals surface area contributed by atoms with Crippen molar-refractivity contribution in [2.24, 2.45) is 16.8 Å². The molecule has 6 unspecified atom stereocenters. The Kier molecular flexibility index (Phi) is 8.76. The van der Waals surface area contributed by atoms with Crippen LogP contribution in [0, 0.1) is 11.8 Å². The van der Waals surface area contributed by atoms with E-state index in [0.29, 0.717) is 5.92 Å². The van der Waals surface area contributed by atoms with E-state index < -0.39 is 0 Å². The fourth-order valence-electron chi connectivity index (χ4n) is 12.6. The summed E-state index contributed by atoms with van der Waals surface area (Å²) < 4.78 is 2.50. The van der Waals surface area contributed by atoms with Crippen molar-refractivity contribution in [2.75, 3.05) is 4.90 Å². The minimum Gasteiger partial charge on any atom is -0.354 e. The van der Waals surface area contributed by atoms with Crippen LogP contribution in [0.1, 0.15) is 93.0 Å². The van der Waals surface area contributed by atoms with Crippen molar-refractivity contribution in [1.29, 1.82) is 0 Å². The summed E-state index contributed by atoms with van der Waals surface area (Å²) in [5.41, 5.74) is 21.0. The Morgan fingerprint density at radius 3 is 2.45 bits per heavy atom. The average Bonchev–Trinajstić information content (AvgIpc) is 3.89. The Labute approximate surface area is 387 Å². The van der Waals surface area contributed by atoms with Crippen LogP contribution in [0.5, 0.6) is 0 Å². The molecule has 5 heteroatoms. The van der Waals surface area contributed by atoms with Gasteiger partial charge in [0.15, 0.2) is 0 Å². The number of hydrogen-bond acceptors (Lipinski definition) is 4. The van der Waals surface area contributed by atoms with Gasteiger partial charge in [0.1, 0.15) is 12.0 Å². The van der Waals surface area contributed by atoms with Crippen LogP contribution < -0.4 is 15.5 Å². The highest BCUT2D eigenvalue weighted by molar-refractivity contribution is 6.24. The third kappa shape index (κ3) is 5.92. The molecule has 1 aromatic heterocycles. The Hall–Kier alpha value is -7.21. The van der Waals surface area contributed by atoms with Crippen molar-refractivity contribution < 1.29 is 0 Å². The van der Waals surface area contributed by atoms with Gasteiger partial charge >= 0.3 is 0 Å². The van der Waals surface area contributed by atoms with Crippen LogP contribution in [0.3, 0.4) is 0 Å². The maximum Gasteiger partial charge on any atom is 0.131 e. The fourth-order valence-corrected chi connectivity index (χ4v) is 12.6. The van der Waals surface area contributed by atoms with Gasteiger partial charge in [0, 0.05) is 63.0 Å². The molecule has 0 fully saturated rings. The molecule has 0 amide bonds. The van der Waals surface area contributed by atoms with Crippen LogP contribution in [0.2, 0.25) is 0 Å². The lowest BCUT2D eigenvalue weighted by Crippen LogP contribution is -2.55. The highest BCUT2D eigenvalue weighted by Gasteiger charge is 2.41. The van der Waals surface area contributed by atoms with E-state index in [0.717, 1.165) is 44.4 Å². The minimum atomic E-state index is -0.287. The third-order valence-corrected chi connectivity index (χ3v) is 15.6. The third-order valence-electron chi connectivity index (χ3n) is 15.6. The van der Waals surface area contributed by atoms with Crippen molar-refractivity contribution in [1.82, 2.24) is 15.2 Å². The van der Waals surface area contributed by atoms with Crippen LogP contribution in [0.25, 0.3) is 40.4 Å². The van der Waals surface area contributed by atoms with Gasteiger partial charge in [-0.05, 0) is 126 Å². The molecule has 14 rings (SSSR count). The van der Waals surface area contributed by atoms with Gasteiger partial charge in [-0.1, -0.05) is 146 Å². The summed E-state index contributed by atoms with van der Waals surface area (Å²) in [4.78, 5) is 8.48. The monoisotopic (exact) mass is 853 g/mol. The van der Waals surface area contributed by atoms with E-state index in [4.69, 9.17) is 4.99 Å². The van der Waals surface area contributed by atoms with E-state index in [-0.39, 0.29) is 30.1 Å². The lowest BCUT2D eigenvalue weighted by atomic mass is 9.74. The Bertz CT molecular complexity index is 3320. The molecular formula is C61H51N5. The predicted octanol–water partition coefficient (Wildman–Crippen LogP) is 13.4. The van der Waals surface area contributed by atoms with Gasteiger partial charge in [-0.3, -0.25) is 5.32 Å². The molecule has 5 nitrogen and oxygen atoms in total. The first-order valence-electron chi connectivity index (χ1n) is 24.2. The molecule has 0 bridgehead atoms. The minimum absolute atomic E-state index is 0.0257. The summed E-state index contributed by atoms with van der Waals surface area (Å²) in [5.74, 6) is 2.08. The van der Waals surface area contributed by atoms with Crippen molar-refractivity contribution in [3.8, 4) is 5.69 Å². The molecule has 0 saturated heterocycles. The highest BCUT2D eigenvalue weighted by Crippen LogP contribution is 2.54. The summed E-state index contributed by atoms with van der Waals surface area (Å²) in [5, 5.41) is 9.54. The summed E-state index contributed by atoms with van der Waals surface area (Å²) >= 11 is 0. The number of fused-ring (bicyclic) bond motifs is 11. The van der Waals surface area contributed by atoms with E-state index in [1.807, 2.05) is 0 Å². The molecular weight excluding hydrogens is 803 g/mol. The average molecular weight is 854 g/mol. The Morgan fingerprint density at radius 2 is 1.52 bits per heavy atom. The molecule has 2 N–H and O–H groups in total. The number of para-hydroxylation sites is 2. The van der Waals surface area contributed by atoms with E-state index in [1.54, 1.807) is 0 Å². The topological polar surface area (TPSA) is 44.6 Å². The summed E-state index contributed by atoms with van der Waals surface area (Å²) in [6.45, 7) is 0. The van der Waals surface area contributed by atoms with Gasteiger partial charge < -0.3 is 14.8 Å². The molecule has 5 aromatic carbocycles. The second-order valence-corrected chi connectivity index (χ2v) is 19.2. The smallest absolute Gasteiger partial charge is 0.131 e. The van der Waals surface area contributed by atoms with Crippen LogP contribution in [-0.4, -0.2) is 16.6 Å². The molecule has 320 valence electrons. The molecule has 6 atom stereocenters. The molecule has 3 heterocycles. The number of anilines is 2. The van der Waals surface area contributed by atoms with Gasteiger partial charge in [0.25, 0.3) is 0 Å². The van der Waals surface area contributed by atoms with Gasteiger partial charge in [-0.2, -0.15) is 0 Å². The van der Waals surface area contributed by atoms with Crippen LogP contribution in [-0.2, 0) is 19.3 Å². The van der Waals surface area contributed by atoms with Gasteiger partial charge in [0.05, 0.1) is 17.4 Å². The van der Waals surface area contributed by atoms with Crippen molar-refractivity contribution in [2.45, 2.75) is 62.7 Å². The zero-order valence-electron chi connectivity index (χ0n) is 36.9. The van der Waals surface area contributed by atoms with Gasteiger partial charge in [-0.25, -0.2) is 4.99 Å². The van der Waals surface area contributed by atoms with Gasteiger partial charge in [0.2, 0.25) is 0 Å². The number of aryl methyl sites for hydroxylation is 1. The predicted molar refractivity (Wildman–Crippen MR) is 273 cm³/mol. The summed E-state index contributed by atoms with van der Waals surface area (Å²) in [6.07, 6.45) is 38.3. The Morgan fingerprint density at radius 1 is 0.682 bits per heavy atom. The summed E-state index contributed by atoms with van der Waals surface area (Å²) in [6, 6.07) is 39.1. The van der Waals surface area contributed by atoms with Crippen LogP contribution in [0.15, 0.2) is 181 Å².